The summed E-state index contributed by atoms with van der Waals surface area (Å²) in [4.78, 5) is 2.31. The number of nitrogens with zero attached hydrogens (tertiary/aromatic N) is 1. The van der Waals surface area contributed by atoms with Gasteiger partial charge in [0.15, 0.2) is 0 Å². The van der Waals surface area contributed by atoms with Crippen LogP contribution in [-0.2, 0) is 0 Å². The van der Waals surface area contributed by atoms with Crippen molar-refractivity contribution in [1.29, 1.82) is 0 Å². The molecule has 0 saturated carbocycles. The van der Waals surface area contributed by atoms with Crippen molar-refractivity contribution >= 4 is 5.69 Å². The molecule has 0 bridgehead atoms. The first-order chi connectivity index (χ1) is 8.70. The second kappa shape index (κ2) is 6.10. The van der Waals surface area contributed by atoms with Gasteiger partial charge in [0.1, 0.15) is 5.75 Å². The SMILES string of the molecule is COc1ccc(C)cc1N(C)CCC1CCNC1. The average molecular weight is 248 g/mol. The molecule has 0 radical (unpaired) electrons. The molecule has 1 N–H and O–H groups in total. The molecule has 0 aromatic heterocycles. The monoisotopic (exact) mass is 248 g/mol. The van der Waals surface area contributed by atoms with Crippen molar-refractivity contribution in [2.24, 2.45) is 5.92 Å². The third-order valence-corrected chi connectivity index (χ3v) is 3.78. The van der Waals surface area contributed by atoms with E-state index >= 15 is 0 Å². The van der Waals surface area contributed by atoms with Gasteiger partial charge in [-0.1, -0.05) is 6.07 Å². The van der Waals surface area contributed by atoms with Gasteiger partial charge in [-0.05, 0) is 56.5 Å². The van der Waals surface area contributed by atoms with Crippen molar-refractivity contribution in [2.45, 2.75) is 19.8 Å². The summed E-state index contributed by atoms with van der Waals surface area (Å²) < 4.78 is 5.44. The van der Waals surface area contributed by atoms with Crippen LogP contribution in [0.1, 0.15) is 18.4 Å². The number of ether oxygens (including phenoxy) is 1. The lowest BCUT2D eigenvalue weighted by molar-refractivity contribution is 0.414. The predicted octanol–water partition coefficient (Wildman–Crippen LogP) is 2.44. The Bertz CT molecular complexity index is 386. The smallest absolute Gasteiger partial charge is 0.142 e. The van der Waals surface area contributed by atoms with E-state index in [9.17, 15) is 0 Å². The van der Waals surface area contributed by atoms with Crippen molar-refractivity contribution in [2.75, 3.05) is 38.7 Å². The minimum Gasteiger partial charge on any atom is -0.495 e. The van der Waals surface area contributed by atoms with Crippen LogP contribution in [0.4, 0.5) is 5.69 Å². The molecule has 2 rings (SSSR count). The molecule has 18 heavy (non-hydrogen) atoms. The fourth-order valence-corrected chi connectivity index (χ4v) is 2.56. The lowest BCUT2D eigenvalue weighted by Gasteiger charge is -2.23. The van der Waals surface area contributed by atoms with Gasteiger partial charge in [-0.2, -0.15) is 0 Å². The lowest BCUT2D eigenvalue weighted by Crippen LogP contribution is -2.22. The highest BCUT2D eigenvalue weighted by Crippen LogP contribution is 2.29. The molecule has 1 aromatic rings. The minimum absolute atomic E-state index is 0.836. The zero-order chi connectivity index (χ0) is 13.0. The van der Waals surface area contributed by atoms with E-state index in [0.717, 1.165) is 18.2 Å². The van der Waals surface area contributed by atoms with Crippen LogP contribution in [0.15, 0.2) is 18.2 Å². The van der Waals surface area contributed by atoms with E-state index in [2.05, 4.69) is 42.4 Å². The number of anilines is 1. The Labute approximate surface area is 110 Å². The highest BCUT2D eigenvalue weighted by atomic mass is 16.5. The molecule has 1 aliphatic rings. The molecule has 1 atom stereocenters. The molecule has 0 amide bonds. The fraction of sp³-hybridized carbons (Fsp3) is 0.600. The van der Waals surface area contributed by atoms with Crippen molar-refractivity contribution in [3.05, 3.63) is 23.8 Å². The molecule has 0 aliphatic carbocycles. The van der Waals surface area contributed by atoms with E-state index in [1.807, 2.05) is 0 Å². The molecular formula is C15H24N2O. The second-order valence-electron chi connectivity index (χ2n) is 5.24. The lowest BCUT2D eigenvalue weighted by atomic mass is 10.0. The largest absolute Gasteiger partial charge is 0.495 e. The maximum atomic E-state index is 5.44. The Balaban J connectivity index is 1.98. The standard InChI is InChI=1S/C15H24N2O/c1-12-4-5-15(18-3)14(10-12)17(2)9-7-13-6-8-16-11-13/h4-5,10,13,16H,6-9,11H2,1-3H3. The number of methoxy groups -OCH3 is 1. The van der Waals surface area contributed by atoms with Crippen molar-refractivity contribution in [3.63, 3.8) is 0 Å². The fourth-order valence-electron chi connectivity index (χ4n) is 2.56. The van der Waals surface area contributed by atoms with Gasteiger partial charge in [-0.25, -0.2) is 0 Å². The van der Waals surface area contributed by atoms with Crippen LogP contribution in [0, 0.1) is 12.8 Å². The van der Waals surface area contributed by atoms with Crippen molar-refractivity contribution in [1.82, 2.24) is 5.32 Å². The number of hydrogen-bond donors (Lipinski definition) is 1. The van der Waals surface area contributed by atoms with Crippen LogP contribution in [0.5, 0.6) is 5.75 Å². The van der Waals surface area contributed by atoms with Crippen molar-refractivity contribution < 1.29 is 4.74 Å². The third-order valence-electron chi connectivity index (χ3n) is 3.78. The number of benzene rings is 1. The summed E-state index contributed by atoms with van der Waals surface area (Å²) in [6.45, 7) is 5.57. The van der Waals surface area contributed by atoms with Crippen molar-refractivity contribution in [3.8, 4) is 5.75 Å². The zero-order valence-electron chi connectivity index (χ0n) is 11.7. The molecule has 3 nitrogen and oxygen atoms in total. The molecule has 1 heterocycles. The maximum Gasteiger partial charge on any atom is 0.142 e. The molecule has 3 heteroatoms. The zero-order valence-corrected chi connectivity index (χ0v) is 11.7. The molecule has 0 spiro atoms. The van der Waals surface area contributed by atoms with E-state index in [1.54, 1.807) is 7.11 Å². The van der Waals surface area contributed by atoms with Crippen LogP contribution >= 0.6 is 0 Å². The summed E-state index contributed by atoms with van der Waals surface area (Å²) in [5, 5.41) is 3.42. The van der Waals surface area contributed by atoms with E-state index in [1.165, 1.54) is 37.2 Å². The van der Waals surface area contributed by atoms with Gasteiger partial charge in [0.2, 0.25) is 0 Å². The summed E-state index contributed by atoms with van der Waals surface area (Å²) in [5.41, 5.74) is 2.48. The normalized spacial score (nSPS) is 18.9. The average Bonchev–Trinajstić information content (AvgIpc) is 2.89. The van der Waals surface area contributed by atoms with Gasteiger partial charge >= 0.3 is 0 Å². The summed E-state index contributed by atoms with van der Waals surface area (Å²) in [6.07, 6.45) is 2.57. The second-order valence-corrected chi connectivity index (χ2v) is 5.24. The Morgan fingerprint density at radius 2 is 2.28 bits per heavy atom. The summed E-state index contributed by atoms with van der Waals surface area (Å²) in [7, 11) is 3.89. The summed E-state index contributed by atoms with van der Waals surface area (Å²) in [5.74, 6) is 1.80. The van der Waals surface area contributed by atoms with Crippen LogP contribution in [0.2, 0.25) is 0 Å². The highest BCUT2D eigenvalue weighted by molar-refractivity contribution is 5.59. The van der Waals surface area contributed by atoms with Gasteiger partial charge in [-0.3, -0.25) is 0 Å². The molecule has 100 valence electrons. The molecule has 1 aromatic carbocycles. The third kappa shape index (κ3) is 3.16. The maximum absolute atomic E-state index is 5.44. The van der Waals surface area contributed by atoms with Gasteiger partial charge < -0.3 is 15.0 Å². The number of hydrogen-bond acceptors (Lipinski definition) is 3. The first kappa shape index (κ1) is 13.2. The van der Waals surface area contributed by atoms with Gasteiger partial charge in [0, 0.05) is 13.6 Å². The van der Waals surface area contributed by atoms with Crippen LogP contribution in [0.3, 0.4) is 0 Å². The van der Waals surface area contributed by atoms with E-state index in [0.29, 0.717) is 0 Å². The molecule has 1 fully saturated rings. The Morgan fingerprint density at radius 3 is 2.94 bits per heavy atom. The first-order valence-corrected chi connectivity index (χ1v) is 6.77. The first-order valence-electron chi connectivity index (χ1n) is 6.77. The summed E-state index contributed by atoms with van der Waals surface area (Å²) >= 11 is 0. The van der Waals surface area contributed by atoms with Crippen LogP contribution in [-0.4, -0.2) is 33.8 Å². The Morgan fingerprint density at radius 1 is 1.44 bits per heavy atom. The summed E-state index contributed by atoms with van der Waals surface area (Å²) in [6, 6.07) is 6.35. The molecule has 1 unspecified atom stereocenters. The van der Waals surface area contributed by atoms with E-state index in [4.69, 9.17) is 4.74 Å². The highest BCUT2D eigenvalue weighted by Gasteiger charge is 2.16. The van der Waals surface area contributed by atoms with E-state index in [-0.39, 0.29) is 0 Å². The molecule has 1 saturated heterocycles. The predicted molar refractivity (Wildman–Crippen MR) is 76.6 cm³/mol. The number of nitrogens with one attached hydrogen (secondary N) is 1. The van der Waals surface area contributed by atoms with E-state index < -0.39 is 0 Å². The Kier molecular flexibility index (Phi) is 4.48. The quantitative estimate of drug-likeness (QED) is 0.866. The van der Waals surface area contributed by atoms with Gasteiger partial charge in [-0.15, -0.1) is 0 Å². The molecular weight excluding hydrogens is 224 g/mol. The number of rotatable bonds is 5. The number of aryl methyl sites for hydroxylation is 1. The minimum atomic E-state index is 0.836. The molecule has 1 aliphatic heterocycles. The van der Waals surface area contributed by atoms with Crippen LogP contribution < -0.4 is 15.0 Å². The topological polar surface area (TPSA) is 24.5 Å². The Hall–Kier alpha value is -1.22. The van der Waals surface area contributed by atoms with Gasteiger partial charge in [0.25, 0.3) is 0 Å². The van der Waals surface area contributed by atoms with Gasteiger partial charge in [0.05, 0.1) is 12.8 Å². The van der Waals surface area contributed by atoms with Crippen LogP contribution in [0.25, 0.3) is 0 Å².